The van der Waals surface area contributed by atoms with Crippen LogP contribution in [0.25, 0.3) is 10.9 Å². The summed E-state index contributed by atoms with van der Waals surface area (Å²) in [6, 6.07) is 8.20. The molecule has 204 valence electrons. The third-order valence-electron chi connectivity index (χ3n) is 8.38. The Morgan fingerprint density at radius 2 is 1.92 bits per heavy atom. The van der Waals surface area contributed by atoms with E-state index in [1.54, 1.807) is 29.2 Å². The van der Waals surface area contributed by atoms with Gasteiger partial charge >= 0.3 is 6.03 Å². The van der Waals surface area contributed by atoms with E-state index >= 15 is 0 Å². The summed E-state index contributed by atoms with van der Waals surface area (Å²) in [4.78, 5) is 36.1. The zero-order valence-corrected chi connectivity index (χ0v) is 21.6. The number of halogens is 1. The van der Waals surface area contributed by atoms with Crippen LogP contribution in [0.4, 0.5) is 9.18 Å². The first-order valence-corrected chi connectivity index (χ1v) is 13.7. The molecule has 3 aliphatic heterocycles. The summed E-state index contributed by atoms with van der Waals surface area (Å²) < 4.78 is 26.2. The number of nitrogens with zero attached hydrogens (tertiary/aromatic N) is 3. The normalized spacial score (nSPS) is 23.4. The minimum atomic E-state index is -0.693. The number of aromatic hydroxyl groups is 1. The van der Waals surface area contributed by atoms with Gasteiger partial charge in [0.2, 0.25) is 0 Å². The third kappa shape index (κ3) is 4.31. The summed E-state index contributed by atoms with van der Waals surface area (Å²) in [5.41, 5.74) is 2.86. The van der Waals surface area contributed by atoms with Crippen molar-refractivity contribution >= 4 is 22.8 Å². The number of aromatic amines is 1. The van der Waals surface area contributed by atoms with Crippen molar-refractivity contribution in [1.29, 1.82) is 0 Å². The highest BCUT2D eigenvalue weighted by atomic mass is 19.1. The maximum absolute atomic E-state index is 15.0. The summed E-state index contributed by atoms with van der Waals surface area (Å²) >= 11 is 0. The van der Waals surface area contributed by atoms with E-state index in [2.05, 4.69) is 9.88 Å². The van der Waals surface area contributed by atoms with Gasteiger partial charge in [0.1, 0.15) is 17.8 Å². The van der Waals surface area contributed by atoms with E-state index in [4.69, 9.17) is 9.47 Å². The quantitative estimate of drug-likeness (QED) is 0.451. The molecule has 1 saturated carbocycles. The number of urea groups is 1. The predicted octanol–water partition coefficient (Wildman–Crippen LogP) is 3.41. The first-order chi connectivity index (χ1) is 19.0. The lowest BCUT2D eigenvalue weighted by Gasteiger charge is -2.36. The molecule has 0 spiro atoms. The van der Waals surface area contributed by atoms with Crippen LogP contribution in [0.5, 0.6) is 11.5 Å². The minimum Gasteiger partial charge on any atom is -0.508 e. The van der Waals surface area contributed by atoms with E-state index in [0.717, 1.165) is 42.6 Å². The summed E-state index contributed by atoms with van der Waals surface area (Å²) in [6.07, 6.45) is 2.52. The molecule has 10 heteroatoms. The van der Waals surface area contributed by atoms with Crippen molar-refractivity contribution in [2.75, 3.05) is 46.0 Å². The topological polar surface area (TPSA) is 98.3 Å². The van der Waals surface area contributed by atoms with Crippen molar-refractivity contribution in [3.05, 3.63) is 59.0 Å². The molecule has 1 aromatic heterocycles. The van der Waals surface area contributed by atoms with Gasteiger partial charge in [0.15, 0.2) is 11.6 Å². The zero-order valence-electron chi connectivity index (χ0n) is 21.6. The molecule has 4 aliphatic rings. The number of carbonyl (C=O) groups excluding carboxylic acids is 2. The number of hydrogen-bond acceptors (Lipinski definition) is 6. The number of ether oxygens (including phenoxy) is 2. The molecule has 2 atom stereocenters. The molecule has 3 aromatic rings. The maximum atomic E-state index is 15.0. The number of morpholine rings is 1. The number of phenols is 1. The van der Waals surface area contributed by atoms with E-state index in [9.17, 15) is 19.1 Å². The molecule has 39 heavy (non-hydrogen) atoms. The largest absolute Gasteiger partial charge is 0.508 e. The van der Waals surface area contributed by atoms with E-state index in [-0.39, 0.29) is 23.4 Å². The lowest BCUT2D eigenvalue weighted by molar-refractivity contribution is -0.128. The van der Waals surface area contributed by atoms with Gasteiger partial charge in [-0.05, 0) is 48.1 Å². The number of nitrogens with one attached hydrogen (secondary N) is 1. The standard InChI is InChI=1S/C29H31FN4O5/c30-22-15-23-20(14-25(22)39-16-17-4-5-17)21-13-24-28(36)33(7-6-32-8-10-38-11-9-32)29(37)34(24)27(26(21)31-23)18-2-1-3-19(35)12-18/h1-3,12,14-15,17,24,27,31,35H,4-11,13,16H2. The van der Waals surface area contributed by atoms with Gasteiger partial charge in [-0.3, -0.25) is 19.5 Å². The molecule has 0 bridgehead atoms. The molecule has 9 nitrogen and oxygen atoms in total. The highest BCUT2D eigenvalue weighted by Gasteiger charge is 2.52. The van der Waals surface area contributed by atoms with E-state index < -0.39 is 17.9 Å². The lowest BCUT2D eigenvalue weighted by Crippen LogP contribution is -2.44. The number of amides is 3. The number of phenolic OH excluding ortho intramolecular Hbond substituents is 1. The number of H-pyrrole nitrogens is 1. The lowest BCUT2D eigenvalue weighted by atomic mass is 9.88. The Kier molecular flexibility index (Phi) is 5.97. The second-order valence-corrected chi connectivity index (χ2v) is 11.0. The van der Waals surface area contributed by atoms with Gasteiger partial charge in [-0.15, -0.1) is 0 Å². The summed E-state index contributed by atoms with van der Waals surface area (Å²) in [6.45, 7) is 4.21. The smallest absolute Gasteiger partial charge is 0.328 e. The van der Waals surface area contributed by atoms with Crippen LogP contribution in [-0.4, -0.2) is 88.8 Å². The Morgan fingerprint density at radius 1 is 1.10 bits per heavy atom. The highest BCUT2D eigenvalue weighted by molar-refractivity contribution is 6.05. The van der Waals surface area contributed by atoms with Gasteiger partial charge < -0.3 is 19.6 Å². The van der Waals surface area contributed by atoms with Gasteiger partial charge in [0, 0.05) is 55.3 Å². The fraction of sp³-hybridized carbons (Fsp3) is 0.448. The third-order valence-corrected chi connectivity index (χ3v) is 8.38. The van der Waals surface area contributed by atoms with Gasteiger partial charge in [0.05, 0.1) is 19.8 Å². The Labute approximate surface area is 225 Å². The molecular formula is C29H31FN4O5. The minimum absolute atomic E-state index is 0.0660. The van der Waals surface area contributed by atoms with Gasteiger partial charge in [-0.1, -0.05) is 12.1 Å². The van der Waals surface area contributed by atoms with E-state index in [1.807, 2.05) is 6.07 Å². The monoisotopic (exact) mass is 534 g/mol. The second kappa shape index (κ2) is 9.53. The summed E-state index contributed by atoms with van der Waals surface area (Å²) in [7, 11) is 0. The fourth-order valence-electron chi connectivity index (χ4n) is 6.10. The summed E-state index contributed by atoms with van der Waals surface area (Å²) in [5, 5.41) is 11.1. The molecule has 1 aliphatic carbocycles. The Hall–Kier alpha value is -3.63. The number of carbonyl (C=O) groups is 2. The molecule has 2 unspecified atom stereocenters. The van der Waals surface area contributed by atoms with Crippen LogP contribution in [-0.2, 0) is 16.0 Å². The number of benzene rings is 2. The number of fused-ring (bicyclic) bond motifs is 4. The molecule has 0 radical (unpaired) electrons. The van der Waals surface area contributed by atoms with Gasteiger partial charge in [0.25, 0.3) is 5.91 Å². The van der Waals surface area contributed by atoms with Crippen LogP contribution >= 0.6 is 0 Å². The zero-order chi connectivity index (χ0) is 26.7. The van der Waals surface area contributed by atoms with Crippen molar-refractivity contribution in [3.8, 4) is 11.5 Å². The van der Waals surface area contributed by atoms with Crippen LogP contribution in [0.1, 0.15) is 35.7 Å². The average Bonchev–Trinajstić information content (AvgIpc) is 3.66. The average molecular weight is 535 g/mol. The number of hydrogen-bond donors (Lipinski definition) is 2. The first kappa shape index (κ1) is 24.4. The Morgan fingerprint density at radius 3 is 2.69 bits per heavy atom. The van der Waals surface area contributed by atoms with Crippen molar-refractivity contribution in [2.24, 2.45) is 5.92 Å². The molecule has 2 saturated heterocycles. The highest BCUT2D eigenvalue weighted by Crippen LogP contribution is 2.45. The second-order valence-electron chi connectivity index (χ2n) is 11.0. The van der Waals surface area contributed by atoms with Crippen molar-refractivity contribution in [3.63, 3.8) is 0 Å². The first-order valence-electron chi connectivity index (χ1n) is 13.7. The number of aromatic nitrogens is 1. The fourth-order valence-corrected chi connectivity index (χ4v) is 6.10. The predicted molar refractivity (Wildman–Crippen MR) is 140 cm³/mol. The van der Waals surface area contributed by atoms with Crippen LogP contribution in [0, 0.1) is 11.7 Å². The van der Waals surface area contributed by atoms with Crippen LogP contribution in [0.3, 0.4) is 0 Å². The van der Waals surface area contributed by atoms with Crippen molar-refractivity contribution in [1.82, 2.24) is 19.7 Å². The molecule has 2 aromatic carbocycles. The Bertz CT molecular complexity index is 1450. The molecule has 7 rings (SSSR count). The van der Waals surface area contributed by atoms with Gasteiger partial charge in [-0.25, -0.2) is 9.18 Å². The maximum Gasteiger partial charge on any atom is 0.328 e. The molecule has 2 N–H and O–H groups in total. The SMILES string of the molecule is O=C1C2Cc3c([nH]c4cc(F)c(OCC5CC5)cc34)C(c3cccc(O)c3)N2C(=O)N1CCN1CCOCC1. The molecule has 4 heterocycles. The van der Waals surface area contributed by atoms with Crippen molar-refractivity contribution in [2.45, 2.75) is 31.3 Å². The molecule has 3 amide bonds. The van der Waals surface area contributed by atoms with Crippen molar-refractivity contribution < 1.29 is 28.6 Å². The van der Waals surface area contributed by atoms with E-state index in [1.165, 1.54) is 11.0 Å². The van der Waals surface area contributed by atoms with Crippen LogP contribution in [0.15, 0.2) is 36.4 Å². The molecular weight excluding hydrogens is 503 g/mol. The van der Waals surface area contributed by atoms with Crippen LogP contribution in [0.2, 0.25) is 0 Å². The molecule has 3 fully saturated rings. The number of rotatable bonds is 7. The Balaban J connectivity index is 1.27. The number of imide groups is 1. The van der Waals surface area contributed by atoms with Crippen LogP contribution < -0.4 is 4.74 Å². The summed E-state index contributed by atoms with van der Waals surface area (Å²) in [5.74, 6) is 0.0718. The van der Waals surface area contributed by atoms with Gasteiger partial charge in [-0.2, -0.15) is 0 Å². The van der Waals surface area contributed by atoms with E-state index in [0.29, 0.717) is 56.3 Å².